The van der Waals surface area contributed by atoms with Gasteiger partial charge in [0.05, 0.1) is 48.1 Å². The first-order chi connectivity index (χ1) is 13.3. The maximum absolute atomic E-state index is 7.17. The first kappa shape index (κ1) is 24.8. The Bertz CT molecular complexity index is 625. The van der Waals surface area contributed by atoms with Crippen LogP contribution in [0, 0.1) is 27.7 Å². The summed E-state index contributed by atoms with van der Waals surface area (Å²) in [7, 11) is -2.17. The highest BCUT2D eigenvalue weighted by molar-refractivity contribution is 6.30. The number of aryl methyl sites for hydroxylation is 4. The van der Waals surface area contributed by atoms with E-state index in [9.17, 15) is 0 Å². The molecule has 0 atom stereocenters. The Labute approximate surface area is 163 Å². The number of aromatic amines is 4. The Kier molecular flexibility index (Phi) is 14.2. The van der Waals surface area contributed by atoms with Crippen LogP contribution >= 0.6 is 0 Å². The summed E-state index contributed by atoms with van der Waals surface area (Å²) in [5.74, 6) is 0. The predicted octanol–water partition coefficient (Wildman–Crippen LogP) is 0.821. The summed E-state index contributed by atoms with van der Waals surface area (Å²) in [5.41, 5.74) is 4.15. The van der Waals surface area contributed by atoms with E-state index in [1.54, 1.807) is 25.3 Å². The van der Waals surface area contributed by atoms with E-state index in [4.69, 9.17) is 15.1 Å². The van der Waals surface area contributed by atoms with Crippen molar-refractivity contribution in [2.45, 2.75) is 27.7 Å². The van der Waals surface area contributed by atoms with Gasteiger partial charge in [-0.25, -0.2) is 19.9 Å². The molecule has 0 radical (unpaired) electrons. The van der Waals surface area contributed by atoms with Gasteiger partial charge in [-0.1, -0.05) is 0 Å². The van der Waals surface area contributed by atoms with Crippen molar-refractivity contribution in [3.05, 3.63) is 72.9 Å². The molecule has 0 fully saturated rings. The van der Waals surface area contributed by atoms with Gasteiger partial charge in [-0.15, -0.1) is 0 Å². The van der Waals surface area contributed by atoms with Crippen LogP contribution in [-0.2, 0) is 0 Å². The number of imidazole rings is 4. The average molecular weight is 390 g/mol. The molecule has 0 aliphatic carbocycles. The number of nitrogens with one attached hydrogen (secondary N) is 4. The summed E-state index contributed by atoms with van der Waals surface area (Å²) in [4.78, 5) is 26.7. The van der Waals surface area contributed by atoms with Gasteiger partial charge in [0.25, 0.3) is 0 Å². The number of H-pyrrole nitrogens is 4. The summed E-state index contributed by atoms with van der Waals surface area (Å²) >= 11 is 0. The smallest absolute Gasteiger partial charge is 0.402 e. The van der Waals surface area contributed by atoms with Crippen molar-refractivity contribution < 1.29 is 15.1 Å². The van der Waals surface area contributed by atoms with Crippen LogP contribution in [-0.4, -0.2) is 62.3 Å². The lowest BCUT2D eigenvalue weighted by Crippen LogP contribution is -2.07. The zero-order valence-electron chi connectivity index (χ0n) is 16.3. The van der Waals surface area contributed by atoms with Crippen LogP contribution in [0.2, 0.25) is 0 Å². The minimum Gasteiger partial charge on any atom is -0.402 e. The Hall–Kier alpha value is -3.22. The fraction of sp³-hybridized carbons (Fsp3) is 0.250. The summed E-state index contributed by atoms with van der Waals surface area (Å²) < 4.78 is 0. The molecule has 0 aliphatic heterocycles. The van der Waals surface area contributed by atoms with Gasteiger partial charge in [0.1, 0.15) is 0 Å². The van der Waals surface area contributed by atoms with E-state index < -0.39 is 7.32 Å². The van der Waals surface area contributed by atoms with Crippen molar-refractivity contribution in [3.63, 3.8) is 0 Å². The van der Waals surface area contributed by atoms with Crippen molar-refractivity contribution in [2.75, 3.05) is 0 Å². The Morgan fingerprint density at radius 2 is 0.714 bits per heavy atom. The second kappa shape index (κ2) is 16.0. The first-order valence-electron chi connectivity index (χ1n) is 8.17. The van der Waals surface area contributed by atoms with Crippen molar-refractivity contribution >= 4 is 7.32 Å². The summed E-state index contributed by atoms with van der Waals surface area (Å²) in [6.07, 6.45) is 14.0. The molecule has 11 nitrogen and oxygen atoms in total. The maximum Gasteiger partial charge on any atom is 0.631 e. The van der Waals surface area contributed by atoms with E-state index >= 15 is 0 Å². The lowest BCUT2D eigenvalue weighted by atomic mass is 10.3. The van der Waals surface area contributed by atoms with Crippen molar-refractivity contribution in [1.82, 2.24) is 39.9 Å². The highest BCUT2D eigenvalue weighted by atomic mass is 16.5. The Balaban J connectivity index is 0.000000328. The molecule has 0 saturated carbocycles. The van der Waals surface area contributed by atoms with E-state index in [1.807, 2.05) is 52.5 Å². The van der Waals surface area contributed by atoms with Crippen LogP contribution in [0.5, 0.6) is 0 Å². The van der Waals surface area contributed by atoms with Gasteiger partial charge in [-0.2, -0.15) is 0 Å². The zero-order valence-corrected chi connectivity index (χ0v) is 16.3. The van der Waals surface area contributed by atoms with E-state index in [0.717, 1.165) is 22.8 Å². The fourth-order valence-corrected chi connectivity index (χ4v) is 1.34. The SMILES string of the molecule is Cc1c[nH]cn1.Cc1c[nH]cn1.Cc1c[nH]cn1.Cc1c[nH]cn1.OB(O)O. The monoisotopic (exact) mass is 390 g/mol. The number of rotatable bonds is 0. The normalized spacial score (nSPS) is 8.54. The summed E-state index contributed by atoms with van der Waals surface area (Å²) in [6.45, 7) is 7.76. The molecular weight excluding hydrogens is 363 g/mol. The third-order valence-corrected chi connectivity index (χ3v) is 2.54. The van der Waals surface area contributed by atoms with Gasteiger partial charge in [0.2, 0.25) is 0 Å². The quantitative estimate of drug-likeness (QED) is 0.217. The standard InChI is InChI=1S/4C4H6N2.BH3O3/c4*1-4-2-5-3-6-4;2-1(3)4/h4*2-3H,1H3,(H,5,6);2-4H. The number of aromatic nitrogens is 8. The van der Waals surface area contributed by atoms with Crippen LogP contribution in [0.1, 0.15) is 22.8 Å². The number of hydrogen-bond donors (Lipinski definition) is 7. The molecular formula is C16H27BN8O3. The number of nitrogens with zero attached hydrogens (tertiary/aromatic N) is 4. The second-order valence-electron chi connectivity index (χ2n) is 5.19. The van der Waals surface area contributed by atoms with E-state index in [-0.39, 0.29) is 0 Å². The van der Waals surface area contributed by atoms with E-state index in [1.165, 1.54) is 0 Å². The van der Waals surface area contributed by atoms with Crippen molar-refractivity contribution in [1.29, 1.82) is 0 Å². The second-order valence-corrected chi connectivity index (χ2v) is 5.19. The molecule has 7 N–H and O–H groups in total. The lowest BCUT2D eigenvalue weighted by Gasteiger charge is -1.69. The van der Waals surface area contributed by atoms with Crippen LogP contribution in [0.15, 0.2) is 50.1 Å². The van der Waals surface area contributed by atoms with Gasteiger partial charge in [0, 0.05) is 24.8 Å². The zero-order chi connectivity index (χ0) is 21.2. The molecule has 0 spiro atoms. The topological polar surface area (TPSA) is 175 Å². The van der Waals surface area contributed by atoms with Gasteiger partial charge >= 0.3 is 7.32 Å². The van der Waals surface area contributed by atoms with Crippen LogP contribution in [0.25, 0.3) is 0 Å². The molecule has 0 amide bonds. The minimum atomic E-state index is -2.17. The Morgan fingerprint density at radius 1 is 0.536 bits per heavy atom. The fourth-order valence-electron chi connectivity index (χ4n) is 1.34. The molecule has 0 aromatic carbocycles. The van der Waals surface area contributed by atoms with Gasteiger partial charge in [-0.05, 0) is 27.7 Å². The molecule has 4 heterocycles. The van der Waals surface area contributed by atoms with Crippen molar-refractivity contribution in [2.24, 2.45) is 0 Å². The van der Waals surface area contributed by atoms with Gasteiger partial charge < -0.3 is 35.0 Å². The summed E-state index contributed by atoms with van der Waals surface area (Å²) in [5, 5.41) is 21.5. The largest absolute Gasteiger partial charge is 0.631 e. The number of hydrogen-bond acceptors (Lipinski definition) is 7. The molecule has 152 valence electrons. The highest BCUT2D eigenvalue weighted by Gasteiger charge is 1.92. The Morgan fingerprint density at radius 3 is 0.750 bits per heavy atom. The molecule has 0 unspecified atom stereocenters. The van der Waals surface area contributed by atoms with Gasteiger partial charge in [0.15, 0.2) is 0 Å². The molecule has 4 aromatic rings. The average Bonchev–Trinajstić information content (AvgIpc) is 3.39. The van der Waals surface area contributed by atoms with Crippen LogP contribution in [0.4, 0.5) is 0 Å². The molecule has 0 aliphatic rings. The molecule has 0 bridgehead atoms. The lowest BCUT2D eigenvalue weighted by molar-refractivity contribution is 0.278. The van der Waals surface area contributed by atoms with Gasteiger partial charge in [-0.3, -0.25) is 0 Å². The third-order valence-electron chi connectivity index (χ3n) is 2.54. The molecule has 0 saturated heterocycles. The van der Waals surface area contributed by atoms with E-state index in [0.29, 0.717) is 0 Å². The molecule has 28 heavy (non-hydrogen) atoms. The maximum atomic E-state index is 7.17. The first-order valence-corrected chi connectivity index (χ1v) is 8.17. The third kappa shape index (κ3) is 17.6. The summed E-state index contributed by atoms with van der Waals surface area (Å²) in [6, 6.07) is 0. The molecule has 4 aromatic heterocycles. The van der Waals surface area contributed by atoms with Crippen LogP contribution in [0.3, 0.4) is 0 Å². The molecule has 12 heteroatoms. The predicted molar refractivity (Wildman–Crippen MR) is 106 cm³/mol. The van der Waals surface area contributed by atoms with Crippen LogP contribution < -0.4 is 0 Å². The highest BCUT2D eigenvalue weighted by Crippen LogP contribution is 1.82. The van der Waals surface area contributed by atoms with Crippen molar-refractivity contribution in [3.8, 4) is 0 Å². The van der Waals surface area contributed by atoms with E-state index in [2.05, 4.69) is 39.9 Å². The molecule has 4 rings (SSSR count). The minimum absolute atomic E-state index is 1.04.